The molecule has 0 N–H and O–H groups in total. The topological polar surface area (TPSA) is 27.0 Å². The van der Waals surface area contributed by atoms with Crippen molar-refractivity contribution in [2.24, 2.45) is 0 Å². The van der Waals surface area contributed by atoms with Gasteiger partial charge in [0.1, 0.15) is 0 Å². The quantitative estimate of drug-likeness (QED) is 0.718. The predicted octanol–water partition coefficient (Wildman–Crippen LogP) is 2.69. The maximum absolute atomic E-state index is 4.32. The van der Waals surface area contributed by atoms with Gasteiger partial charge in [0, 0.05) is 13.1 Å². The highest BCUT2D eigenvalue weighted by molar-refractivity contribution is 7.16. The molecule has 0 unspecified atom stereocenters. The highest BCUT2D eigenvalue weighted by Crippen LogP contribution is 2.25. The van der Waals surface area contributed by atoms with E-state index in [2.05, 4.69) is 34.6 Å². The Bertz CT molecular complexity index is 513. The van der Waals surface area contributed by atoms with Crippen molar-refractivity contribution in [3.8, 4) is 0 Å². The summed E-state index contributed by atoms with van der Waals surface area (Å²) in [4.78, 5) is 4.29. The van der Waals surface area contributed by atoms with Crippen LogP contribution in [0.25, 0.3) is 15.8 Å². The monoisotopic (exact) mass is 215 g/mol. The van der Waals surface area contributed by atoms with Crippen LogP contribution in [0.2, 0.25) is 0 Å². The number of aromatic nitrogens is 1. The smallest absolute Gasteiger partial charge is 0.0812 e. The summed E-state index contributed by atoms with van der Waals surface area (Å²) in [5, 5.41) is 4.32. The van der Waals surface area contributed by atoms with Gasteiger partial charge < -0.3 is 0 Å². The molecule has 0 amide bonds. The zero-order valence-corrected chi connectivity index (χ0v) is 9.13. The second kappa shape index (κ2) is 3.76. The summed E-state index contributed by atoms with van der Waals surface area (Å²) in [6.45, 7) is 1.84. The van der Waals surface area contributed by atoms with Gasteiger partial charge in [-0.15, -0.1) is 11.3 Å². The Hall–Kier alpha value is -1.19. The Morgan fingerprint density at radius 2 is 2.27 bits per heavy atom. The highest BCUT2D eigenvalue weighted by atomic mass is 32.1. The average molecular weight is 215 g/mol. The molecule has 2 aromatic rings. The first kappa shape index (κ1) is 9.07. The van der Waals surface area contributed by atoms with E-state index in [1.807, 2.05) is 5.51 Å². The third kappa shape index (κ3) is 1.68. The van der Waals surface area contributed by atoms with E-state index in [4.69, 9.17) is 0 Å². The Balaban J connectivity index is 2.06. The fourth-order valence-electron chi connectivity index (χ4n) is 1.88. The van der Waals surface area contributed by atoms with E-state index in [0.29, 0.717) is 0 Å². The van der Waals surface area contributed by atoms with Crippen LogP contribution in [0.4, 0.5) is 0 Å². The van der Waals surface area contributed by atoms with Gasteiger partial charge in [0.2, 0.25) is 0 Å². The summed E-state index contributed by atoms with van der Waals surface area (Å²) in [5.41, 5.74) is 5.77. The van der Waals surface area contributed by atoms with Gasteiger partial charge in [0.25, 0.3) is 0 Å². The summed E-state index contributed by atoms with van der Waals surface area (Å²) in [5.74, 6) is 0. The van der Waals surface area contributed by atoms with Crippen LogP contribution in [0.5, 0.6) is 0 Å². The minimum atomic E-state index is 0.871. The van der Waals surface area contributed by atoms with Gasteiger partial charge in [-0.2, -0.15) is 0 Å². The molecule has 0 saturated carbocycles. The van der Waals surface area contributed by atoms with Gasteiger partial charge in [-0.25, -0.2) is 10.3 Å². The van der Waals surface area contributed by atoms with Crippen LogP contribution in [0.1, 0.15) is 12.0 Å². The zero-order chi connectivity index (χ0) is 10.1. The Labute approximate surface area is 92.7 Å². The van der Waals surface area contributed by atoms with E-state index in [-0.39, 0.29) is 0 Å². The van der Waals surface area contributed by atoms with E-state index >= 15 is 0 Å². The van der Waals surface area contributed by atoms with Crippen molar-refractivity contribution in [2.75, 3.05) is 13.1 Å². The van der Waals surface area contributed by atoms with E-state index in [1.54, 1.807) is 11.3 Å². The van der Waals surface area contributed by atoms with Crippen LogP contribution >= 0.6 is 11.3 Å². The molecule has 0 bridgehead atoms. The summed E-state index contributed by atoms with van der Waals surface area (Å²) < 4.78 is 1.27. The second-order valence-corrected chi connectivity index (χ2v) is 4.53. The van der Waals surface area contributed by atoms with Crippen LogP contribution < -0.4 is 5.32 Å². The first-order chi connectivity index (χ1) is 7.43. The normalized spacial score (nSPS) is 16.7. The van der Waals surface area contributed by atoms with Gasteiger partial charge in [0.05, 0.1) is 15.7 Å². The lowest BCUT2D eigenvalue weighted by Gasteiger charge is -2.12. The molecular formula is C12H11N2S. The number of hydrogen-bond donors (Lipinski definition) is 0. The molecule has 0 saturated heterocycles. The molecule has 1 aromatic carbocycles. The van der Waals surface area contributed by atoms with Crippen molar-refractivity contribution in [3.05, 3.63) is 35.3 Å². The first-order valence-electron chi connectivity index (χ1n) is 5.09. The summed E-state index contributed by atoms with van der Waals surface area (Å²) in [7, 11) is 0. The van der Waals surface area contributed by atoms with Crippen LogP contribution in [0.15, 0.2) is 29.8 Å². The van der Waals surface area contributed by atoms with E-state index < -0.39 is 0 Å². The minimum Gasteiger partial charge on any atom is -0.245 e. The van der Waals surface area contributed by atoms with Gasteiger partial charge in [-0.1, -0.05) is 12.1 Å². The predicted molar refractivity (Wildman–Crippen MR) is 64.1 cm³/mol. The van der Waals surface area contributed by atoms with Gasteiger partial charge in [-0.3, -0.25) is 0 Å². The van der Waals surface area contributed by atoms with Crippen molar-refractivity contribution in [2.45, 2.75) is 6.42 Å². The molecule has 0 aliphatic carbocycles. The summed E-state index contributed by atoms with van der Waals surface area (Å²) >= 11 is 1.70. The van der Waals surface area contributed by atoms with E-state index in [9.17, 15) is 0 Å². The largest absolute Gasteiger partial charge is 0.245 e. The average Bonchev–Trinajstić information content (AvgIpc) is 2.77. The number of fused-ring (bicyclic) bond motifs is 1. The lowest BCUT2D eigenvalue weighted by Crippen LogP contribution is -2.12. The van der Waals surface area contributed by atoms with Crippen molar-refractivity contribution < 1.29 is 0 Å². The van der Waals surface area contributed by atoms with Crippen LogP contribution in [0.3, 0.4) is 0 Å². The number of rotatable bonds is 1. The standard InChI is InChI=1S/C12H11N2S/c1-2-11-12(15-8-14-11)7-10(1)9-3-5-13-6-4-9/h1-3,7-8H,4-6H2. The van der Waals surface area contributed by atoms with E-state index in [1.165, 1.54) is 15.8 Å². The molecule has 1 aliphatic heterocycles. The lowest BCUT2D eigenvalue weighted by atomic mass is 10.0. The molecule has 2 nitrogen and oxygen atoms in total. The van der Waals surface area contributed by atoms with Crippen LogP contribution in [0, 0.1) is 0 Å². The number of hydrogen-bond acceptors (Lipinski definition) is 2. The molecule has 0 atom stereocenters. The lowest BCUT2D eigenvalue weighted by molar-refractivity contribution is 0.723. The van der Waals surface area contributed by atoms with Gasteiger partial charge >= 0.3 is 0 Å². The molecule has 75 valence electrons. The molecule has 3 rings (SSSR count). The summed E-state index contributed by atoms with van der Waals surface area (Å²) in [6.07, 6.45) is 3.30. The maximum Gasteiger partial charge on any atom is 0.0812 e. The second-order valence-electron chi connectivity index (χ2n) is 3.64. The third-order valence-corrected chi connectivity index (χ3v) is 3.50. The van der Waals surface area contributed by atoms with Crippen molar-refractivity contribution in [1.29, 1.82) is 0 Å². The highest BCUT2D eigenvalue weighted by Gasteiger charge is 2.07. The maximum atomic E-state index is 4.32. The zero-order valence-electron chi connectivity index (χ0n) is 8.31. The fourth-order valence-corrected chi connectivity index (χ4v) is 2.60. The summed E-state index contributed by atoms with van der Waals surface area (Å²) in [6, 6.07) is 6.51. The number of thiazole rings is 1. The van der Waals surface area contributed by atoms with E-state index in [0.717, 1.165) is 25.0 Å². The molecule has 0 fully saturated rings. The number of nitrogens with zero attached hydrogens (tertiary/aromatic N) is 2. The minimum absolute atomic E-state index is 0.871. The first-order valence-corrected chi connectivity index (χ1v) is 5.97. The Morgan fingerprint density at radius 1 is 1.27 bits per heavy atom. The molecule has 15 heavy (non-hydrogen) atoms. The SMILES string of the molecule is C1=C(c2ccc3ncsc3c2)CC[N]C1. The molecule has 1 aliphatic rings. The Kier molecular flexibility index (Phi) is 2.27. The van der Waals surface area contributed by atoms with Gasteiger partial charge in [0.15, 0.2) is 0 Å². The molecular weight excluding hydrogens is 204 g/mol. The van der Waals surface area contributed by atoms with Crippen molar-refractivity contribution in [1.82, 2.24) is 10.3 Å². The van der Waals surface area contributed by atoms with Crippen molar-refractivity contribution >= 4 is 27.1 Å². The van der Waals surface area contributed by atoms with Crippen molar-refractivity contribution in [3.63, 3.8) is 0 Å². The number of benzene rings is 1. The fraction of sp³-hybridized carbons (Fsp3) is 0.250. The van der Waals surface area contributed by atoms with Crippen LogP contribution in [-0.2, 0) is 0 Å². The molecule has 2 heterocycles. The third-order valence-electron chi connectivity index (χ3n) is 2.71. The Morgan fingerprint density at radius 3 is 3.13 bits per heavy atom. The molecule has 1 aromatic heterocycles. The molecule has 0 spiro atoms. The molecule has 3 heteroatoms. The molecule has 1 radical (unpaired) electrons. The van der Waals surface area contributed by atoms with Crippen LogP contribution in [-0.4, -0.2) is 18.1 Å². The van der Waals surface area contributed by atoms with Gasteiger partial charge in [-0.05, 0) is 29.7 Å².